The normalized spacial score (nSPS) is 31.8. The molecule has 0 radical (unpaired) electrons. The van der Waals surface area contributed by atoms with Gasteiger partial charge >= 0.3 is 0 Å². The molecule has 3 heterocycles. The molecule has 0 aromatic carbocycles. The molecule has 6 nitrogen and oxygen atoms in total. The molecule has 106 valence electrons. The Morgan fingerprint density at radius 1 is 1.42 bits per heavy atom. The van der Waals surface area contributed by atoms with Gasteiger partial charge in [-0.05, 0) is 32.6 Å². The van der Waals surface area contributed by atoms with Crippen LogP contribution >= 0.6 is 0 Å². The number of aliphatic hydroxyl groups excluding tert-OH is 1. The summed E-state index contributed by atoms with van der Waals surface area (Å²) in [5.41, 5.74) is 0.447. The van der Waals surface area contributed by atoms with Crippen LogP contribution in [0.15, 0.2) is 10.6 Å². The van der Waals surface area contributed by atoms with Crippen molar-refractivity contribution in [2.75, 3.05) is 0 Å². The molecular formula is C12H18N2O4S. The molecular weight excluding hydrogens is 268 g/mol. The fraction of sp³-hybridized carbons (Fsp3) is 0.750. The highest BCUT2D eigenvalue weighted by molar-refractivity contribution is 7.88. The van der Waals surface area contributed by atoms with Gasteiger partial charge in [0.1, 0.15) is 17.2 Å². The second-order valence-electron chi connectivity index (χ2n) is 5.53. The summed E-state index contributed by atoms with van der Waals surface area (Å²) in [7, 11) is -3.38. The maximum absolute atomic E-state index is 12.5. The second kappa shape index (κ2) is 4.57. The molecule has 2 fully saturated rings. The van der Waals surface area contributed by atoms with E-state index < -0.39 is 10.0 Å². The molecule has 2 bridgehead atoms. The first-order valence-electron chi connectivity index (χ1n) is 6.57. The van der Waals surface area contributed by atoms with E-state index in [0.29, 0.717) is 24.3 Å². The lowest BCUT2D eigenvalue weighted by atomic mass is 10.0. The topological polar surface area (TPSA) is 83.6 Å². The van der Waals surface area contributed by atoms with E-state index in [4.69, 9.17) is 4.52 Å². The van der Waals surface area contributed by atoms with E-state index >= 15 is 0 Å². The van der Waals surface area contributed by atoms with E-state index in [2.05, 4.69) is 5.16 Å². The van der Waals surface area contributed by atoms with Gasteiger partial charge in [-0.3, -0.25) is 0 Å². The van der Waals surface area contributed by atoms with Gasteiger partial charge < -0.3 is 9.63 Å². The van der Waals surface area contributed by atoms with Crippen LogP contribution in [0.4, 0.5) is 0 Å². The summed E-state index contributed by atoms with van der Waals surface area (Å²) in [5.74, 6) is 0.496. The van der Waals surface area contributed by atoms with E-state index in [9.17, 15) is 13.5 Å². The van der Waals surface area contributed by atoms with Crippen LogP contribution < -0.4 is 0 Å². The molecule has 2 unspecified atom stereocenters. The highest BCUT2D eigenvalue weighted by Crippen LogP contribution is 2.38. The van der Waals surface area contributed by atoms with E-state index in [-0.39, 0.29) is 23.9 Å². The number of fused-ring (bicyclic) bond motifs is 2. The van der Waals surface area contributed by atoms with Crippen LogP contribution in [-0.4, -0.2) is 41.2 Å². The Morgan fingerprint density at radius 3 is 2.58 bits per heavy atom. The van der Waals surface area contributed by atoms with E-state index in [0.717, 1.165) is 12.8 Å². The SMILES string of the molecule is Cc1cc(CS(=O)(=O)N2C3CCC2CC(O)C3)no1. The van der Waals surface area contributed by atoms with Crippen molar-refractivity contribution in [3.8, 4) is 0 Å². The first-order chi connectivity index (χ1) is 8.95. The van der Waals surface area contributed by atoms with E-state index in [1.165, 1.54) is 0 Å². The number of aliphatic hydroxyl groups is 1. The van der Waals surface area contributed by atoms with Crippen LogP contribution in [-0.2, 0) is 15.8 Å². The third-order valence-corrected chi connectivity index (χ3v) is 5.87. The van der Waals surface area contributed by atoms with Crippen LogP contribution in [0.25, 0.3) is 0 Å². The number of sulfonamides is 1. The van der Waals surface area contributed by atoms with E-state index in [1.807, 2.05) is 0 Å². The van der Waals surface area contributed by atoms with Gasteiger partial charge in [0.25, 0.3) is 0 Å². The van der Waals surface area contributed by atoms with Crippen LogP contribution in [0.2, 0.25) is 0 Å². The number of nitrogens with zero attached hydrogens (tertiary/aromatic N) is 2. The molecule has 2 saturated heterocycles. The minimum absolute atomic E-state index is 0.0493. The van der Waals surface area contributed by atoms with Gasteiger partial charge in [0.15, 0.2) is 0 Å². The third kappa shape index (κ3) is 2.42. The molecule has 0 spiro atoms. The van der Waals surface area contributed by atoms with Gasteiger partial charge in [-0.15, -0.1) is 0 Å². The molecule has 2 aliphatic heterocycles. The van der Waals surface area contributed by atoms with Crippen molar-refractivity contribution < 1.29 is 18.0 Å². The first-order valence-corrected chi connectivity index (χ1v) is 8.18. The Kier molecular flexibility index (Phi) is 3.15. The number of piperidine rings is 1. The number of rotatable bonds is 3. The average molecular weight is 286 g/mol. The lowest BCUT2D eigenvalue weighted by Gasteiger charge is -2.35. The summed E-state index contributed by atoms with van der Waals surface area (Å²) in [6.07, 6.45) is 2.43. The van der Waals surface area contributed by atoms with Crippen molar-refractivity contribution in [1.82, 2.24) is 9.46 Å². The van der Waals surface area contributed by atoms with Crippen molar-refractivity contribution >= 4 is 10.0 Å². The van der Waals surface area contributed by atoms with Crippen LogP contribution in [0.3, 0.4) is 0 Å². The lowest BCUT2D eigenvalue weighted by Crippen LogP contribution is -2.48. The Labute approximate surface area is 112 Å². The number of hydrogen-bond acceptors (Lipinski definition) is 5. The van der Waals surface area contributed by atoms with E-state index in [1.54, 1.807) is 17.3 Å². The molecule has 19 heavy (non-hydrogen) atoms. The minimum Gasteiger partial charge on any atom is -0.393 e. The minimum atomic E-state index is -3.38. The van der Waals surface area contributed by atoms with Crippen LogP contribution in [0, 0.1) is 6.92 Å². The fourth-order valence-electron chi connectivity index (χ4n) is 3.31. The molecule has 0 amide bonds. The summed E-state index contributed by atoms with van der Waals surface area (Å²) in [4.78, 5) is 0. The summed E-state index contributed by atoms with van der Waals surface area (Å²) in [6.45, 7) is 1.74. The molecule has 1 N–H and O–H groups in total. The second-order valence-corrected chi connectivity index (χ2v) is 7.40. The van der Waals surface area contributed by atoms with Crippen molar-refractivity contribution in [2.24, 2.45) is 0 Å². The van der Waals surface area contributed by atoms with Crippen molar-refractivity contribution in [1.29, 1.82) is 0 Å². The molecule has 7 heteroatoms. The van der Waals surface area contributed by atoms with Gasteiger partial charge in [-0.2, -0.15) is 4.31 Å². The summed E-state index contributed by atoms with van der Waals surface area (Å²) < 4.78 is 31.5. The maximum Gasteiger partial charge on any atom is 0.220 e. The summed E-state index contributed by atoms with van der Waals surface area (Å²) >= 11 is 0. The molecule has 1 aromatic heterocycles. The van der Waals surface area contributed by atoms with Gasteiger partial charge in [0.05, 0.1) is 6.10 Å². The Hall–Kier alpha value is -0.920. The fourth-order valence-corrected chi connectivity index (χ4v) is 5.26. The Balaban J connectivity index is 1.81. The summed E-state index contributed by atoms with van der Waals surface area (Å²) in [5, 5.41) is 13.5. The molecule has 2 atom stereocenters. The maximum atomic E-state index is 12.5. The zero-order valence-corrected chi connectivity index (χ0v) is 11.6. The summed E-state index contributed by atoms with van der Waals surface area (Å²) in [6, 6.07) is 1.55. The van der Waals surface area contributed by atoms with Crippen molar-refractivity contribution in [3.63, 3.8) is 0 Å². The largest absolute Gasteiger partial charge is 0.393 e. The predicted molar refractivity (Wildman–Crippen MR) is 67.8 cm³/mol. The van der Waals surface area contributed by atoms with Gasteiger partial charge in [-0.25, -0.2) is 8.42 Å². The highest BCUT2D eigenvalue weighted by Gasteiger charge is 2.46. The number of hydrogen-bond donors (Lipinski definition) is 1. The quantitative estimate of drug-likeness (QED) is 0.888. The lowest BCUT2D eigenvalue weighted by molar-refractivity contribution is 0.0768. The smallest absolute Gasteiger partial charge is 0.220 e. The zero-order valence-electron chi connectivity index (χ0n) is 10.8. The Morgan fingerprint density at radius 2 is 2.05 bits per heavy atom. The standard InChI is InChI=1S/C12H18N2O4S/c1-8-4-9(13-18-8)7-19(16,17)14-10-2-3-11(14)6-12(15)5-10/h4,10-12,15H,2-3,5-7H2,1H3. The zero-order chi connectivity index (χ0) is 13.6. The Bertz CT molecular complexity index is 554. The molecule has 2 aliphatic rings. The monoisotopic (exact) mass is 286 g/mol. The predicted octanol–water partition coefficient (Wildman–Crippen LogP) is 0.801. The average Bonchev–Trinajstić information content (AvgIpc) is 2.81. The van der Waals surface area contributed by atoms with Gasteiger partial charge in [0, 0.05) is 18.2 Å². The molecule has 1 aromatic rings. The van der Waals surface area contributed by atoms with Crippen molar-refractivity contribution in [3.05, 3.63) is 17.5 Å². The number of aryl methyl sites for hydroxylation is 1. The third-order valence-electron chi connectivity index (χ3n) is 3.97. The molecule has 0 aliphatic carbocycles. The number of aromatic nitrogens is 1. The van der Waals surface area contributed by atoms with Gasteiger partial charge in [0.2, 0.25) is 10.0 Å². The molecule has 0 saturated carbocycles. The molecule has 3 rings (SSSR count). The van der Waals surface area contributed by atoms with Crippen molar-refractivity contribution in [2.45, 2.75) is 56.5 Å². The highest BCUT2D eigenvalue weighted by atomic mass is 32.2. The van der Waals surface area contributed by atoms with Gasteiger partial charge in [-0.1, -0.05) is 5.16 Å². The van der Waals surface area contributed by atoms with Crippen LogP contribution in [0.1, 0.15) is 37.1 Å². The van der Waals surface area contributed by atoms with Crippen LogP contribution in [0.5, 0.6) is 0 Å². The first kappa shape index (κ1) is 13.1.